The molecule has 22 heavy (non-hydrogen) atoms. The minimum absolute atomic E-state index is 0.112. The van der Waals surface area contributed by atoms with Crippen molar-refractivity contribution in [1.29, 1.82) is 0 Å². The normalized spacial score (nSPS) is 19.1. The van der Waals surface area contributed by atoms with Gasteiger partial charge >= 0.3 is 0 Å². The number of nitrogens with zero attached hydrogens (tertiary/aromatic N) is 1. The average Bonchev–Trinajstić information content (AvgIpc) is 2.48. The fourth-order valence-electron chi connectivity index (χ4n) is 2.13. The van der Waals surface area contributed by atoms with E-state index in [0.29, 0.717) is 12.1 Å². The number of hydrogen-bond acceptors (Lipinski definition) is 5. The molecule has 1 saturated heterocycles. The van der Waals surface area contributed by atoms with E-state index >= 15 is 0 Å². The number of hydrogen-bond donors (Lipinski definition) is 2. The molecule has 1 heterocycles. The van der Waals surface area contributed by atoms with E-state index in [2.05, 4.69) is 10.6 Å². The molecule has 0 bridgehead atoms. The Morgan fingerprint density at radius 2 is 2.23 bits per heavy atom. The van der Waals surface area contributed by atoms with Gasteiger partial charge in [0.25, 0.3) is 0 Å². The quantitative estimate of drug-likeness (QED) is 0.833. The molecule has 8 heteroatoms. The second-order valence-electron chi connectivity index (χ2n) is 5.29. The van der Waals surface area contributed by atoms with Crippen molar-refractivity contribution >= 4 is 33.4 Å². The zero-order chi connectivity index (χ0) is 16.2. The van der Waals surface area contributed by atoms with Gasteiger partial charge in [0.15, 0.2) is 0 Å². The Morgan fingerprint density at radius 3 is 2.86 bits per heavy atom. The molecule has 0 saturated carbocycles. The molecule has 1 unspecified atom stereocenters. The van der Waals surface area contributed by atoms with Crippen LogP contribution >= 0.6 is 11.8 Å². The SMILES string of the molecule is CN(C)S(=O)(=O)c1cccc(NC(=O)CC2CSCCN2)c1. The summed E-state index contributed by atoms with van der Waals surface area (Å²) >= 11 is 1.83. The van der Waals surface area contributed by atoms with Crippen molar-refractivity contribution in [2.45, 2.75) is 17.4 Å². The maximum Gasteiger partial charge on any atom is 0.242 e. The lowest BCUT2D eigenvalue weighted by atomic mass is 10.2. The van der Waals surface area contributed by atoms with Crippen molar-refractivity contribution < 1.29 is 13.2 Å². The van der Waals surface area contributed by atoms with Crippen LogP contribution in [0.4, 0.5) is 5.69 Å². The van der Waals surface area contributed by atoms with Crippen LogP contribution in [0, 0.1) is 0 Å². The second kappa shape index (κ2) is 7.45. The summed E-state index contributed by atoms with van der Waals surface area (Å²) in [6.07, 6.45) is 0.387. The van der Waals surface area contributed by atoms with Crippen LogP contribution in [-0.4, -0.2) is 56.8 Å². The number of sulfonamides is 1. The first-order valence-corrected chi connectivity index (χ1v) is 9.62. The van der Waals surface area contributed by atoms with Gasteiger partial charge in [0.2, 0.25) is 15.9 Å². The number of thioether (sulfide) groups is 1. The maximum absolute atomic E-state index is 12.1. The first-order valence-electron chi connectivity index (χ1n) is 7.03. The van der Waals surface area contributed by atoms with Crippen molar-refractivity contribution in [3.8, 4) is 0 Å². The minimum atomic E-state index is -3.50. The maximum atomic E-state index is 12.1. The van der Waals surface area contributed by atoms with Gasteiger partial charge in [-0.05, 0) is 18.2 Å². The Bertz CT molecular complexity index is 626. The van der Waals surface area contributed by atoms with Crippen LogP contribution in [0.2, 0.25) is 0 Å². The molecule has 0 aliphatic carbocycles. The highest BCUT2D eigenvalue weighted by molar-refractivity contribution is 7.99. The van der Waals surface area contributed by atoms with Crippen LogP contribution in [0.1, 0.15) is 6.42 Å². The van der Waals surface area contributed by atoms with Gasteiger partial charge in [0.1, 0.15) is 0 Å². The van der Waals surface area contributed by atoms with Gasteiger partial charge in [-0.15, -0.1) is 0 Å². The lowest BCUT2D eigenvalue weighted by molar-refractivity contribution is -0.116. The van der Waals surface area contributed by atoms with Gasteiger partial charge in [0, 0.05) is 50.3 Å². The Kier molecular flexibility index (Phi) is 5.85. The van der Waals surface area contributed by atoms with Gasteiger partial charge in [-0.1, -0.05) is 6.07 Å². The highest BCUT2D eigenvalue weighted by Gasteiger charge is 2.19. The Hall–Kier alpha value is -1.09. The van der Waals surface area contributed by atoms with Crippen molar-refractivity contribution in [2.24, 2.45) is 0 Å². The van der Waals surface area contributed by atoms with E-state index in [4.69, 9.17) is 0 Å². The fourth-order valence-corrected chi connectivity index (χ4v) is 4.03. The number of amides is 1. The molecule has 1 amide bonds. The Labute approximate surface area is 135 Å². The molecule has 0 radical (unpaired) electrons. The number of rotatable bonds is 5. The fraction of sp³-hybridized carbons (Fsp3) is 0.500. The van der Waals surface area contributed by atoms with Crippen LogP contribution in [0.3, 0.4) is 0 Å². The molecule has 2 N–H and O–H groups in total. The van der Waals surface area contributed by atoms with Crippen LogP contribution in [0.25, 0.3) is 0 Å². The summed E-state index contributed by atoms with van der Waals surface area (Å²) in [5.41, 5.74) is 0.497. The van der Waals surface area contributed by atoms with Crippen molar-refractivity contribution in [2.75, 3.05) is 37.5 Å². The van der Waals surface area contributed by atoms with Crippen LogP contribution in [0.5, 0.6) is 0 Å². The summed E-state index contributed by atoms with van der Waals surface area (Å²) < 4.78 is 25.3. The molecular formula is C14H21N3O3S2. The van der Waals surface area contributed by atoms with E-state index in [9.17, 15) is 13.2 Å². The number of anilines is 1. The Balaban J connectivity index is 2.02. The third kappa shape index (κ3) is 4.45. The van der Waals surface area contributed by atoms with Crippen molar-refractivity contribution in [1.82, 2.24) is 9.62 Å². The predicted molar refractivity (Wildman–Crippen MR) is 89.7 cm³/mol. The highest BCUT2D eigenvalue weighted by Crippen LogP contribution is 2.18. The van der Waals surface area contributed by atoms with E-state index in [-0.39, 0.29) is 16.8 Å². The number of carbonyl (C=O) groups excluding carboxylic acids is 1. The molecule has 6 nitrogen and oxygen atoms in total. The topological polar surface area (TPSA) is 78.5 Å². The molecular weight excluding hydrogens is 322 g/mol. The zero-order valence-corrected chi connectivity index (χ0v) is 14.3. The predicted octanol–water partition coefficient (Wildman–Crippen LogP) is 0.970. The molecule has 1 aliphatic heterocycles. The zero-order valence-electron chi connectivity index (χ0n) is 12.7. The summed E-state index contributed by atoms with van der Waals surface area (Å²) in [7, 11) is -0.538. The van der Waals surface area contributed by atoms with Crippen LogP contribution < -0.4 is 10.6 Å². The number of nitrogens with one attached hydrogen (secondary N) is 2. The van der Waals surface area contributed by atoms with E-state index in [0.717, 1.165) is 22.4 Å². The summed E-state index contributed by atoms with van der Waals surface area (Å²) in [5.74, 6) is 1.88. The molecule has 1 atom stereocenters. The van der Waals surface area contributed by atoms with Gasteiger partial charge in [-0.3, -0.25) is 4.79 Å². The smallest absolute Gasteiger partial charge is 0.242 e. The first kappa shape index (κ1) is 17.3. The largest absolute Gasteiger partial charge is 0.326 e. The Morgan fingerprint density at radius 1 is 1.45 bits per heavy atom. The molecule has 0 spiro atoms. The molecule has 0 aromatic heterocycles. The molecule has 1 aromatic rings. The van der Waals surface area contributed by atoms with E-state index in [1.54, 1.807) is 12.1 Å². The summed E-state index contributed by atoms with van der Waals surface area (Å²) in [6, 6.07) is 6.49. The molecule has 1 aromatic carbocycles. The second-order valence-corrected chi connectivity index (χ2v) is 8.60. The number of benzene rings is 1. The van der Waals surface area contributed by atoms with Crippen LogP contribution in [-0.2, 0) is 14.8 Å². The highest BCUT2D eigenvalue weighted by atomic mass is 32.2. The first-order chi connectivity index (χ1) is 10.4. The monoisotopic (exact) mass is 343 g/mol. The van der Waals surface area contributed by atoms with Crippen molar-refractivity contribution in [3.63, 3.8) is 0 Å². The lowest BCUT2D eigenvalue weighted by Gasteiger charge is -2.22. The van der Waals surface area contributed by atoms with Gasteiger partial charge in [-0.2, -0.15) is 11.8 Å². The standard InChI is InChI=1S/C14H21N3O3S2/c1-17(2)22(19,20)13-5-3-4-11(8-13)16-14(18)9-12-10-21-7-6-15-12/h3-5,8,12,15H,6-7,9-10H2,1-2H3,(H,16,18). The average molecular weight is 343 g/mol. The third-order valence-electron chi connectivity index (χ3n) is 3.33. The summed E-state index contributed by atoms with van der Waals surface area (Å²) in [4.78, 5) is 12.2. The molecule has 1 aliphatic rings. The molecule has 122 valence electrons. The van der Waals surface area contributed by atoms with E-state index in [1.165, 1.54) is 26.2 Å². The molecule has 2 rings (SSSR count). The van der Waals surface area contributed by atoms with E-state index < -0.39 is 10.0 Å². The lowest BCUT2D eigenvalue weighted by Crippen LogP contribution is -2.39. The molecule has 1 fully saturated rings. The summed E-state index contributed by atoms with van der Waals surface area (Å²) in [5, 5.41) is 6.07. The van der Waals surface area contributed by atoms with Gasteiger partial charge in [0.05, 0.1) is 4.90 Å². The summed E-state index contributed by atoms with van der Waals surface area (Å²) in [6.45, 7) is 0.916. The van der Waals surface area contributed by atoms with Gasteiger partial charge < -0.3 is 10.6 Å². The van der Waals surface area contributed by atoms with Crippen LogP contribution in [0.15, 0.2) is 29.2 Å². The number of carbonyl (C=O) groups is 1. The minimum Gasteiger partial charge on any atom is -0.326 e. The third-order valence-corrected chi connectivity index (χ3v) is 6.27. The van der Waals surface area contributed by atoms with E-state index in [1.807, 2.05) is 11.8 Å². The van der Waals surface area contributed by atoms with Gasteiger partial charge in [-0.25, -0.2) is 12.7 Å². The van der Waals surface area contributed by atoms with Crippen molar-refractivity contribution in [3.05, 3.63) is 24.3 Å².